The molecule has 1 N–H and O–H groups in total. The lowest BCUT2D eigenvalue weighted by Crippen LogP contribution is -2.46. The minimum atomic E-state index is -0.193. The van der Waals surface area contributed by atoms with Crippen LogP contribution in [0.5, 0.6) is 0 Å². The molecule has 1 heterocycles. The first-order chi connectivity index (χ1) is 7.10. The van der Waals surface area contributed by atoms with Crippen molar-refractivity contribution in [3.63, 3.8) is 0 Å². The molecule has 88 valence electrons. The zero-order valence-corrected chi connectivity index (χ0v) is 10.0. The molecule has 1 aliphatic heterocycles. The first-order valence-corrected chi connectivity index (χ1v) is 5.64. The molecule has 0 aliphatic carbocycles. The molecule has 0 radical (unpaired) electrons. The molecule has 1 rings (SSSR count). The summed E-state index contributed by atoms with van der Waals surface area (Å²) in [6, 6.07) is 0. The first-order valence-electron chi connectivity index (χ1n) is 5.64. The molecule has 1 fully saturated rings. The molecule has 0 aromatic heterocycles. The van der Waals surface area contributed by atoms with Crippen molar-refractivity contribution >= 4 is 0 Å². The molecule has 0 bridgehead atoms. The van der Waals surface area contributed by atoms with Gasteiger partial charge in [0.2, 0.25) is 0 Å². The monoisotopic (exact) mass is 214 g/mol. The van der Waals surface area contributed by atoms with E-state index in [9.17, 15) is 0 Å². The van der Waals surface area contributed by atoms with Gasteiger partial charge in [0.1, 0.15) is 0 Å². The highest BCUT2D eigenvalue weighted by atomic mass is 16.7. The van der Waals surface area contributed by atoms with Crippen LogP contribution < -0.4 is 0 Å². The molecule has 0 saturated carbocycles. The second-order valence-corrected chi connectivity index (χ2v) is 4.31. The third-order valence-electron chi connectivity index (χ3n) is 2.96. The second-order valence-electron chi connectivity index (χ2n) is 4.31. The molecule has 0 aromatic rings. The quantitative estimate of drug-likeness (QED) is 0.730. The van der Waals surface area contributed by atoms with Crippen LogP contribution in [0.2, 0.25) is 0 Å². The fourth-order valence-electron chi connectivity index (χ4n) is 2.08. The Labute approximate surface area is 92.1 Å². The van der Waals surface area contributed by atoms with E-state index in [-0.39, 0.29) is 36.9 Å². The van der Waals surface area contributed by atoms with Gasteiger partial charge in [-0.2, -0.15) is 0 Å². The van der Waals surface area contributed by atoms with E-state index >= 15 is 0 Å². The summed E-state index contributed by atoms with van der Waals surface area (Å²) in [5.74, 6) is 0.429. The topological polar surface area (TPSA) is 38.7 Å². The first kappa shape index (κ1) is 12.7. The van der Waals surface area contributed by atoms with Crippen LogP contribution in [0.25, 0.3) is 0 Å². The molecule has 1 saturated heterocycles. The molecule has 0 spiro atoms. The number of rotatable bonds is 3. The van der Waals surface area contributed by atoms with Crippen molar-refractivity contribution in [2.45, 2.75) is 46.2 Å². The SMILES string of the molecule is C/C=C/[C@@H]1O[C@@H](C)O[C@@H]([C@@H](C)CO)[C@H]1C. The molecule has 0 aromatic carbocycles. The van der Waals surface area contributed by atoms with Crippen LogP contribution in [0.3, 0.4) is 0 Å². The normalized spacial score (nSPS) is 39.5. The van der Waals surface area contributed by atoms with Gasteiger partial charge in [-0.15, -0.1) is 0 Å². The van der Waals surface area contributed by atoms with Crippen LogP contribution >= 0.6 is 0 Å². The van der Waals surface area contributed by atoms with Crippen LogP contribution in [0.1, 0.15) is 27.7 Å². The number of hydrogen-bond acceptors (Lipinski definition) is 3. The zero-order chi connectivity index (χ0) is 11.4. The Morgan fingerprint density at radius 3 is 2.53 bits per heavy atom. The van der Waals surface area contributed by atoms with Crippen molar-refractivity contribution in [2.24, 2.45) is 11.8 Å². The van der Waals surface area contributed by atoms with E-state index in [0.717, 1.165) is 0 Å². The van der Waals surface area contributed by atoms with E-state index < -0.39 is 0 Å². The Balaban J connectivity index is 2.71. The van der Waals surface area contributed by atoms with Gasteiger partial charge in [-0.1, -0.05) is 26.0 Å². The van der Waals surface area contributed by atoms with Gasteiger partial charge in [-0.05, 0) is 13.8 Å². The lowest BCUT2D eigenvalue weighted by Gasteiger charge is -2.40. The number of aliphatic hydroxyl groups excluding tert-OH is 1. The Bertz CT molecular complexity index is 215. The molecule has 0 unspecified atom stereocenters. The molecular formula is C12H22O3. The fourth-order valence-corrected chi connectivity index (χ4v) is 2.08. The standard InChI is InChI=1S/C12H22O3/c1-5-6-11-9(3)12(8(2)7-13)15-10(4)14-11/h5-6,8-13H,7H2,1-4H3/b6-5+/t8-,9-,10+,11-,12-/m0/s1. The largest absolute Gasteiger partial charge is 0.396 e. The van der Waals surface area contributed by atoms with Gasteiger partial charge in [0.25, 0.3) is 0 Å². The number of ether oxygens (including phenoxy) is 2. The van der Waals surface area contributed by atoms with E-state index in [1.54, 1.807) is 0 Å². The Hall–Kier alpha value is -0.380. The predicted octanol–water partition coefficient (Wildman–Crippen LogP) is 1.96. The van der Waals surface area contributed by atoms with Crippen LogP contribution in [-0.2, 0) is 9.47 Å². The van der Waals surface area contributed by atoms with Gasteiger partial charge in [-0.25, -0.2) is 0 Å². The van der Waals surface area contributed by atoms with Gasteiger partial charge in [0, 0.05) is 18.4 Å². The summed E-state index contributed by atoms with van der Waals surface area (Å²) in [5, 5.41) is 9.17. The molecular weight excluding hydrogens is 192 g/mol. The smallest absolute Gasteiger partial charge is 0.156 e. The Kier molecular flexibility index (Phi) is 4.77. The van der Waals surface area contributed by atoms with Crippen LogP contribution in [0.4, 0.5) is 0 Å². The second kappa shape index (κ2) is 5.64. The third kappa shape index (κ3) is 3.03. The average molecular weight is 214 g/mol. The summed E-state index contributed by atoms with van der Waals surface area (Å²) in [7, 11) is 0. The van der Waals surface area contributed by atoms with E-state index in [4.69, 9.17) is 14.6 Å². The van der Waals surface area contributed by atoms with Gasteiger partial charge < -0.3 is 14.6 Å². The summed E-state index contributed by atoms with van der Waals surface area (Å²) in [4.78, 5) is 0. The van der Waals surface area contributed by atoms with Gasteiger partial charge >= 0.3 is 0 Å². The highest BCUT2D eigenvalue weighted by Gasteiger charge is 2.36. The molecule has 5 atom stereocenters. The summed E-state index contributed by atoms with van der Waals surface area (Å²) >= 11 is 0. The lowest BCUT2D eigenvalue weighted by atomic mass is 9.88. The van der Waals surface area contributed by atoms with Gasteiger partial charge in [-0.3, -0.25) is 0 Å². The van der Waals surface area contributed by atoms with Crippen molar-refractivity contribution in [2.75, 3.05) is 6.61 Å². The minimum Gasteiger partial charge on any atom is -0.396 e. The van der Waals surface area contributed by atoms with Crippen molar-refractivity contribution in [3.05, 3.63) is 12.2 Å². The highest BCUT2D eigenvalue weighted by molar-refractivity contribution is 4.95. The maximum atomic E-state index is 9.17. The van der Waals surface area contributed by atoms with E-state index in [1.807, 2.05) is 26.8 Å². The minimum absolute atomic E-state index is 0.0694. The van der Waals surface area contributed by atoms with Gasteiger partial charge in [0.05, 0.1) is 12.2 Å². The summed E-state index contributed by atoms with van der Waals surface area (Å²) < 4.78 is 11.4. The van der Waals surface area contributed by atoms with E-state index in [2.05, 4.69) is 13.0 Å². The van der Waals surface area contributed by atoms with Crippen LogP contribution in [0, 0.1) is 11.8 Å². The molecule has 3 nitrogen and oxygen atoms in total. The fraction of sp³-hybridized carbons (Fsp3) is 0.833. The molecule has 1 aliphatic rings. The maximum Gasteiger partial charge on any atom is 0.156 e. The van der Waals surface area contributed by atoms with Crippen molar-refractivity contribution in [1.29, 1.82) is 0 Å². The van der Waals surface area contributed by atoms with E-state index in [1.165, 1.54) is 0 Å². The van der Waals surface area contributed by atoms with Crippen molar-refractivity contribution in [1.82, 2.24) is 0 Å². The van der Waals surface area contributed by atoms with Crippen LogP contribution in [0.15, 0.2) is 12.2 Å². The summed E-state index contributed by atoms with van der Waals surface area (Å²) in [6.07, 6.45) is 4.03. The highest BCUT2D eigenvalue weighted by Crippen LogP contribution is 2.29. The average Bonchev–Trinajstić information content (AvgIpc) is 2.22. The predicted molar refractivity (Wildman–Crippen MR) is 59.4 cm³/mol. The van der Waals surface area contributed by atoms with Crippen LogP contribution in [-0.4, -0.2) is 30.2 Å². The summed E-state index contributed by atoms with van der Waals surface area (Å²) in [6.45, 7) is 8.16. The Morgan fingerprint density at radius 1 is 1.33 bits per heavy atom. The third-order valence-corrected chi connectivity index (χ3v) is 2.96. The number of hydrogen-bond donors (Lipinski definition) is 1. The molecule has 3 heteroatoms. The molecule has 15 heavy (non-hydrogen) atoms. The van der Waals surface area contributed by atoms with Gasteiger partial charge in [0.15, 0.2) is 6.29 Å². The zero-order valence-electron chi connectivity index (χ0n) is 10.0. The number of aliphatic hydroxyl groups is 1. The summed E-state index contributed by atoms with van der Waals surface area (Å²) in [5.41, 5.74) is 0. The number of allylic oxidation sites excluding steroid dienone is 1. The van der Waals surface area contributed by atoms with Crippen molar-refractivity contribution in [3.8, 4) is 0 Å². The Morgan fingerprint density at radius 2 is 2.00 bits per heavy atom. The van der Waals surface area contributed by atoms with E-state index in [0.29, 0.717) is 0 Å². The lowest BCUT2D eigenvalue weighted by molar-refractivity contribution is -0.258. The maximum absolute atomic E-state index is 9.17. The van der Waals surface area contributed by atoms with Crippen molar-refractivity contribution < 1.29 is 14.6 Å². The molecule has 0 amide bonds.